The molecule has 2 saturated carbocycles. The summed E-state index contributed by atoms with van der Waals surface area (Å²) < 4.78 is 0. The molecule has 0 spiro atoms. The summed E-state index contributed by atoms with van der Waals surface area (Å²) in [5.74, 6) is 1.59. The van der Waals surface area contributed by atoms with E-state index in [1.807, 2.05) is 0 Å². The first-order chi connectivity index (χ1) is 9.15. The quantitative estimate of drug-likeness (QED) is 0.822. The summed E-state index contributed by atoms with van der Waals surface area (Å²) in [5.41, 5.74) is 6.08. The minimum Gasteiger partial charge on any atom is -0.352 e. The molecule has 0 radical (unpaired) electrons. The van der Waals surface area contributed by atoms with Crippen LogP contribution in [0.2, 0.25) is 0 Å². The van der Waals surface area contributed by atoms with Crippen molar-refractivity contribution in [3.05, 3.63) is 0 Å². The van der Waals surface area contributed by atoms with E-state index in [4.69, 9.17) is 5.73 Å². The van der Waals surface area contributed by atoms with Crippen molar-refractivity contribution in [1.29, 1.82) is 0 Å². The van der Waals surface area contributed by atoms with Gasteiger partial charge in [0.15, 0.2) is 0 Å². The van der Waals surface area contributed by atoms with Gasteiger partial charge in [-0.3, -0.25) is 4.79 Å². The summed E-state index contributed by atoms with van der Waals surface area (Å²) in [4.78, 5) is 12.1. The molecule has 0 aromatic rings. The number of amides is 1. The minimum absolute atomic E-state index is 0.0881. The van der Waals surface area contributed by atoms with Gasteiger partial charge in [-0.2, -0.15) is 0 Å². The fourth-order valence-electron chi connectivity index (χ4n) is 3.60. The van der Waals surface area contributed by atoms with Crippen molar-refractivity contribution in [3.8, 4) is 0 Å². The third-order valence-electron chi connectivity index (χ3n) is 5.01. The fraction of sp³-hybridized carbons (Fsp3) is 0.938. The SMILES string of the molecule is CC1CCC(NC(=O)C(N)CC2CCCCC2)CC1. The maximum Gasteiger partial charge on any atom is 0.237 e. The highest BCUT2D eigenvalue weighted by Crippen LogP contribution is 2.27. The van der Waals surface area contributed by atoms with E-state index in [9.17, 15) is 4.79 Å². The number of carbonyl (C=O) groups excluding carboxylic acids is 1. The molecule has 1 atom stereocenters. The maximum absolute atomic E-state index is 12.1. The number of nitrogens with two attached hydrogens (primary N) is 1. The predicted molar refractivity (Wildman–Crippen MR) is 78.7 cm³/mol. The summed E-state index contributed by atoms with van der Waals surface area (Å²) in [6.45, 7) is 2.30. The molecule has 110 valence electrons. The highest BCUT2D eigenvalue weighted by Gasteiger charge is 2.24. The summed E-state index contributed by atoms with van der Waals surface area (Å²) >= 11 is 0. The van der Waals surface area contributed by atoms with Crippen LogP contribution in [-0.4, -0.2) is 18.0 Å². The Hall–Kier alpha value is -0.570. The van der Waals surface area contributed by atoms with Gasteiger partial charge in [0.2, 0.25) is 5.91 Å². The van der Waals surface area contributed by atoms with Crippen LogP contribution in [-0.2, 0) is 4.79 Å². The van der Waals surface area contributed by atoms with Crippen molar-refractivity contribution < 1.29 is 4.79 Å². The van der Waals surface area contributed by atoms with Crippen LogP contribution in [0.4, 0.5) is 0 Å². The maximum atomic E-state index is 12.1. The molecule has 3 heteroatoms. The largest absolute Gasteiger partial charge is 0.352 e. The highest BCUT2D eigenvalue weighted by molar-refractivity contribution is 5.81. The average Bonchev–Trinajstić information content (AvgIpc) is 2.42. The van der Waals surface area contributed by atoms with Crippen LogP contribution < -0.4 is 11.1 Å². The van der Waals surface area contributed by atoms with E-state index in [1.165, 1.54) is 44.9 Å². The van der Waals surface area contributed by atoms with Crippen LogP contribution in [0.5, 0.6) is 0 Å². The van der Waals surface area contributed by atoms with E-state index in [2.05, 4.69) is 12.2 Å². The first-order valence-corrected chi connectivity index (χ1v) is 8.21. The normalized spacial score (nSPS) is 30.8. The number of hydrogen-bond acceptors (Lipinski definition) is 2. The molecule has 3 nitrogen and oxygen atoms in total. The first-order valence-electron chi connectivity index (χ1n) is 8.21. The van der Waals surface area contributed by atoms with Gasteiger partial charge in [-0.1, -0.05) is 39.0 Å². The lowest BCUT2D eigenvalue weighted by Crippen LogP contribution is -2.47. The van der Waals surface area contributed by atoms with Gasteiger partial charge in [-0.15, -0.1) is 0 Å². The molecule has 0 saturated heterocycles. The number of carbonyl (C=O) groups is 1. The number of nitrogens with one attached hydrogen (secondary N) is 1. The smallest absolute Gasteiger partial charge is 0.237 e. The van der Waals surface area contributed by atoms with Gasteiger partial charge < -0.3 is 11.1 Å². The molecule has 0 bridgehead atoms. The van der Waals surface area contributed by atoms with Crippen molar-refractivity contribution in [3.63, 3.8) is 0 Å². The molecule has 1 amide bonds. The highest BCUT2D eigenvalue weighted by atomic mass is 16.2. The molecule has 0 aromatic heterocycles. The van der Waals surface area contributed by atoms with E-state index in [0.29, 0.717) is 12.0 Å². The molecule has 2 rings (SSSR count). The molecule has 2 fully saturated rings. The van der Waals surface area contributed by atoms with E-state index < -0.39 is 0 Å². The summed E-state index contributed by atoms with van der Waals surface area (Å²) in [6, 6.07) is 0.0866. The van der Waals surface area contributed by atoms with Crippen molar-refractivity contribution in [2.45, 2.75) is 83.2 Å². The molecule has 1 unspecified atom stereocenters. The molecule has 0 aliphatic heterocycles. The van der Waals surface area contributed by atoms with E-state index in [-0.39, 0.29) is 11.9 Å². The summed E-state index contributed by atoms with van der Waals surface area (Å²) in [6.07, 6.45) is 12.1. The third-order valence-corrected chi connectivity index (χ3v) is 5.01. The van der Waals surface area contributed by atoms with Gasteiger partial charge in [0.25, 0.3) is 0 Å². The Bertz CT molecular complexity index is 278. The lowest BCUT2D eigenvalue weighted by atomic mass is 9.84. The Kier molecular flexibility index (Phi) is 5.68. The van der Waals surface area contributed by atoms with Gasteiger partial charge >= 0.3 is 0 Å². The van der Waals surface area contributed by atoms with Crippen molar-refractivity contribution in [1.82, 2.24) is 5.32 Å². The summed E-state index contributed by atoms with van der Waals surface area (Å²) in [7, 11) is 0. The topological polar surface area (TPSA) is 55.1 Å². The zero-order valence-electron chi connectivity index (χ0n) is 12.4. The first kappa shape index (κ1) is 14.8. The van der Waals surface area contributed by atoms with Gasteiger partial charge in [0.05, 0.1) is 6.04 Å². The molecule has 0 aromatic carbocycles. The Morgan fingerprint density at radius 2 is 1.74 bits per heavy atom. The Morgan fingerprint density at radius 1 is 1.11 bits per heavy atom. The van der Waals surface area contributed by atoms with Crippen LogP contribution in [0.1, 0.15) is 71.1 Å². The molecule has 19 heavy (non-hydrogen) atoms. The van der Waals surface area contributed by atoms with Crippen LogP contribution in [0.3, 0.4) is 0 Å². The van der Waals surface area contributed by atoms with Gasteiger partial charge in [0.1, 0.15) is 0 Å². The molecule has 2 aliphatic rings. The number of rotatable bonds is 4. The van der Waals surface area contributed by atoms with Gasteiger partial charge in [-0.05, 0) is 43.9 Å². The van der Waals surface area contributed by atoms with Crippen molar-refractivity contribution in [2.24, 2.45) is 17.6 Å². The Balaban J connectivity index is 1.69. The monoisotopic (exact) mass is 266 g/mol. The number of hydrogen-bond donors (Lipinski definition) is 2. The average molecular weight is 266 g/mol. The Morgan fingerprint density at radius 3 is 2.37 bits per heavy atom. The van der Waals surface area contributed by atoms with E-state index in [1.54, 1.807) is 0 Å². The third kappa shape index (κ3) is 4.79. The molecular weight excluding hydrogens is 236 g/mol. The fourth-order valence-corrected chi connectivity index (χ4v) is 3.60. The van der Waals surface area contributed by atoms with Gasteiger partial charge in [-0.25, -0.2) is 0 Å². The van der Waals surface area contributed by atoms with E-state index in [0.717, 1.165) is 25.2 Å². The van der Waals surface area contributed by atoms with Crippen LogP contribution in [0.25, 0.3) is 0 Å². The van der Waals surface area contributed by atoms with Crippen molar-refractivity contribution >= 4 is 5.91 Å². The second kappa shape index (κ2) is 7.28. The lowest BCUT2D eigenvalue weighted by Gasteiger charge is -2.29. The summed E-state index contributed by atoms with van der Waals surface area (Å²) in [5, 5.41) is 3.16. The van der Waals surface area contributed by atoms with Crippen LogP contribution >= 0.6 is 0 Å². The Labute approximate surface area is 117 Å². The van der Waals surface area contributed by atoms with E-state index >= 15 is 0 Å². The standard InChI is InChI=1S/C16H30N2O/c1-12-7-9-14(10-8-12)18-16(19)15(17)11-13-5-3-2-4-6-13/h12-15H,2-11,17H2,1H3,(H,18,19). The lowest BCUT2D eigenvalue weighted by molar-refractivity contribution is -0.123. The van der Waals surface area contributed by atoms with Crippen LogP contribution in [0, 0.1) is 11.8 Å². The minimum atomic E-state index is -0.289. The second-order valence-electron chi connectivity index (χ2n) is 6.81. The molecular formula is C16H30N2O. The van der Waals surface area contributed by atoms with Gasteiger partial charge in [0, 0.05) is 6.04 Å². The zero-order valence-corrected chi connectivity index (χ0v) is 12.4. The molecule has 3 N–H and O–H groups in total. The zero-order chi connectivity index (χ0) is 13.7. The molecule has 2 aliphatic carbocycles. The predicted octanol–water partition coefficient (Wildman–Crippen LogP) is 2.98. The van der Waals surface area contributed by atoms with Crippen molar-refractivity contribution in [2.75, 3.05) is 0 Å². The molecule has 0 heterocycles. The van der Waals surface area contributed by atoms with Crippen LogP contribution in [0.15, 0.2) is 0 Å². The second-order valence-corrected chi connectivity index (χ2v) is 6.81.